The average Bonchev–Trinajstić information content (AvgIpc) is 3.10. The van der Waals surface area contributed by atoms with Gasteiger partial charge in [0.2, 0.25) is 0 Å². The van der Waals surface area contributed by atoms with Crippen molar-refractivity contribution in [2.75, 3.05) is 32.8 Å². The second-order valence-electron chi connectivity index (χ2n) is 7.50. The van der Waals surface area contributed by atoms with E-state index in [1.165, 1.54) is 18.6 Å². The summed E-state index contributed by atoms with van der Waals surface area (Å²) in [6.07, 6.45) is 4.23. The first-order chi connectivity index (χ1) is 14.5. The number of rotatable bonds is 4. The van der Waals surface area contributed by atoms with Crippen molar-refractivity contribution in [2.45, 2.75) is 12.5 Å². The summed E-state index contributed by atoms with van der Waals surface area (Å²) in [5.41, 5.74) is 1.14. The number of H-pyrrole nitrogens is 1. The Labute approximate surface area is 173 Å². The summed E-state index contributed by atoms with van der Waals surface area (Å²) in [5, 5.41) is 14.6. The van der Waals surface area contributed by atoms with E-state index in [2.05, 4.69) is 20.3 Å². The van der Waals surface area contributed by atoms with Crippen LogP contribution in [0.15, 0.2) is 42.9 Å². The Kier molecular flexibility index (Phi) is 5.47. The summed E-state index contributed by atoms with van der Waals surface area (Å²) in [6, 6.07) is 7.67. The van der Waals surface area contributed by atoms with E-state index in [4.69, 9.17) is 4.74 Å². The topological polar surface area (TPSA) is 120 Å². The van der Waals surface area contributed by atoms with Crippen molar-refractivity contribution in [3.8, 4) is 0 Å². The van der Waals surface area contributed by atoms with Crippen LogP contribution >= 0.6 is 0 Å². The van der Waals surface area contributed by atoms with Crippen molar-refractivity contribution in [1.29, 1.82) is 0 Å². The number of fused-ring (bicyclic) bond motifs is 1. The molecule has 0 spiro atoms. The van der Waals surface area contributed by atoms with E-state index in [0.29, 0.717) is 18.8 Å². The summed E-state index contributed by atoms with van der Waals surface area (Å²) < 4.78 is 5.51. The Balaban J connectivity index is 1.48. The van der Waals surface area contributed by atoms with Crippen molar-refractivity contribution < 1.29 is 19.4 Å². The molecule has 9 heteroatoms. The van der Waals surface area contributed by atoms with Gasteiger partial charge < -0.3 is 25.0 Å². The number of aromatic amines is 1. The maximum atomic E-state index is 13.1. The van der Waals surface area contributed by atoms with Crippen LogP contribution in [0.4, 0.5) is 0 Å². The Hall–Kier alpha value is -3.30. The Morgan fingerprint density at radius 1 is 1.37 bits per heavy atom. The number of aliphatic hydroxyl groups is 1. The minimum absolute atomic E-state index is 0.00331. The highest BCUT2D eigenvalue weighted by molar-refractivity contribution is 5.99. The molecule has 3 aromatic rings. The number of hydrogen-bond donors (Lipinski definition) is 3. The summed E-state index contributed by atoms with van der Waals surface area (Å²) in [6.45, 7) is 2.57. The molecule has 30 heavy (non-hydrogen) atoms. The Bertz CT molecular complexity index is 1070. The molecule has 3 N–H and O–H groups in total. The van der Waals surface area contributed by atoms with Crippen molar-refractivity contribution >= 4 is 22.7 Å². The van der Waals surface area contributed by atoms with Crippen LogP contribution in [-0.4, -0.2) is 75.2 Å². The summed E-state index contributed by atoms with van der Waals surface area (Å²) in [5.74, 6) is -0.681. The maximum absolute atomic E-state index is 13.1. The van der Waals surface area contributed by atoms with E-state index >= 15 is 0 Å². The molecule has 1 saturated heterocycles. The molecule has 9 nitrogen and oxygen atoms in total. The van der Waals surface area contributed by atoms with Gasteiger partial charge in [-0.2, -0.15) is 0 Å². The molecule has 0 aliphatic carbocycles. The number of aromatic nitrogens is 3. The second-order valence-corrected chi connectivity index (χ2v) is 7.50. The number of benzene rings is 1. The minimum atomic E-state index is -1.42. The van der Waals surface area contributed by atoms with Crippen molar-refractivity contribution in [3.63, 3.8) is 0 Å². The van der Waals surface area contributed by atoms with Crippen LogP contribution in [0.3, 0.4) is 0 Å². The van der Waals surface area contributed by atoms with Gasteiger partial charge in [0.05, 0.1) is 32.5 Å². The van der Waals surface area contributed by atoms with Gasteiger partial charge >= 0.3 is 0 Å². The highest BCUT2D eigenvalue weighted by Crippen LogP contribution is 2.21. The third-order valence-electron chi connectivity index (χ3n) is 5.14. The van der Waals surface area contributed by atoms with E-state index in [1.807, 2.05) is 31.2 Å². The third kappa shape index (κ3) is 4.17. The predicted octanol–water partition coefficient (Wildman–Crippen LogP) is 0.900. The fourth-order valence-corrected chi connectivity index (χ4v) is 3.54. The fraction of sp³-hybridized carbons (Fsp3) is 0.333. The van der Waals surface area contributed by atoms with Crippen molar-refractivity contribution in [2.24, 2.45) is 0 Å². The number of ether oxygens (including phenoxy) is 1. The average molecular weight is 409 g/mol. The quantitative estimate of drug-likeness (QED) is 0.589. The molecule has 4 rings (SSSR count). The van der Waals surface area contributed by atoms with Gasteiger partial charge in [-0.05, 0) is 24.6 Å². The smallest absolute Gasteiger partial charge is 0.271 e. The zero-order valence-corrected chi connectivity index (χ0v) is 16.6. The molecule has 1 fully saturated rings. The van der Waals surface area contributed by atoms with E-state index in [-0.39, 0.29) is 31.3 Å². The molecule has 2 amide bonds. The molecule has 0 bridgehead atoms. The number of β-amino-alcohol motifs (C(OH)–C–C–N with tert-alkyl or cyclic N) is 1. The molecule has 0 unspecified atom stereocenters. The first-order valence-electron chi connectivity index (χ1n) is 9.67. The fourth-order valence-electron chi connectivity index (χ4n) is 3.54. The van der Waals surface area contributed by atoms with Gasteiger partial charge in [0.25, 0.3) is 11.8 Å². The number of carbonyl (C=O) groups excluding carboxylic acids is 2. The van der Waals surface area contributed by atoms with Gasteiger partial charge in [-0.1, -0.05) is 12.1 Å². The van der Waals surface area contributed by atoms with Crippen LogP contribution in [0.2, 0.25) is 0 Å². The van der Waals surface area contributed by atoms with E-state index < -0.39 is 11.5 Å². The lowest BCUT2D eigenvalue weighted by Gasteiger charge is -2.30. The number of carbonyl (C=O) groups is 2. The molecule has 1 aromatic carbocycles. The third-order valence-corrected chi connectivity index (χ3v) is 5.14. The van der Waals surface area contributed by atoms with Gasteiger partial charge in [-0.15, -0.1) is 0 Å². The number of nitrogens with zero attached hydrogens (tertiary/aromatic N) is 3. The van der Waals surface area contributed by atoms with E-state index in [0.717, 1.165) is 16.5 Å². The SMILES string of the molecule is Cc1cccc2[nH]c(C(=O)N3CCOC[C@](O)(CNC(=O)c4cnccn4)C3)cc12. The number of amides is 2. The van der Waals surface area contributed by atoms with Gasteiger partial charge in [0, 0.05) is 29.8 Å². The lowest BCUT2D eigenvalue weighted by Crippen LogP contribution is -2.53. The normalized spacial score (nSPS) is 19.5. The molecule has 2 aromatic heterocycles. The molecule has 1 aliphatic rings. The lowest BCUT2D eigenvalue weighted by atomic mass is 10.0. The van der Waals surface area contributed by atoms with Crippen LogP contribution in [0.1, 0.15) is 26.5 Å². The lowest BCUT2D eigenvalue weighted by molar-refractivity contribution is -0.0324. The molecular weight excluding hydrogens is 386 g/mol. The van der Waals surface area contributed by atoms with Gasteiger partial charge in [-0.25, -0.2) is 4.98 Å². The van der Waals surface area contributed by atoms with E-state index in [1.54, 1.807) is 4.90 Å². The van der Waals surface area contributed by atoms with Gasteiger partial charge in [0.15, 0.2) is 0 Å². The van der Waals surface area contributed by atoms with Crippen LogP contribution in [0.5, 0.6) is 0 Å². The maximum Gasteiger partial charge on any atom is 0.271 e. The Morgan fingerprint density at radius 3 is 3.00 bits per heavy atom. The molecule has 1 atom stereocenters. The number of hydrogen-bond acceptors (Lipinski definition) is 6. The summed E-state index contributed by atoms with van der Waals surface area (Å²) in [4.78, 5) is 37.8. The van der Waals surface area contributed by atoms with Gasteiger partial charge in [0.1, 0.15) is 17.0 Å². The van der Waals surface area contributed by atoms with Crippen molar-refractivity contribution in [1.82, 2.24) is 25.2 Å². The number of nitrogens with one attached hydrogen (secondary N) is 2. The first kappa shape index (κ1) is 20.0. The summed E-state index contributed by atoms with van der Waals surface area (Å²) >= 11 is 0. The minimum Gasteiger partial charge on any atom is -0.384 e. The molecular formula is C21H23N5O4. The highest BCUT2D eigenvalue weighted by Gasteiger charge is 2.35. The summed E-state index contributed by atoms with van der Waals surface area (Å²) in [7, 11) is 0. The zero-order chi connectivity index (χ0) is 21.1. The van der Waals surface area contributed by atoms with E-state index in [9.17, 15) is 14.7 Å². The first-order valence-corrected chi connectivity index (χ1v) is 9.67. The molecule has 156 valence electrons. The predicted molar refractivity (Wildman–Crippen MR) is 109 cm³/mol. The number of aryl methyl sites for hydroxylation is 1. The van der Waals surface area contributed by atoms with Crippen LogP contribution < -0.4 is 5.32 Å². The highest BCUT2D eigenvalue weighted by atomic mass is 16.5. The Morgan fingerprint density at radius 2 is 2.23 bits per heavy atom. The van der Waals surface area contributed by atoms with Crippen LogP contribution in [-0.2, 0) is 4.74 Å². The van der Waals surface area contributed by atoms with Gasteiger partial charge in [-0.3, -0.25) is 14.6 Å². The molecule has 0 radical (unpaired) electrons. The molecule has 0 saturated carbocycles. The molecule has 3 heterocycles. The standard InChI is InChI=1S/C21H23N5O4/c1-14-3-2-4-16-15(14)9-17(25-16)20(28)26-7-8-30-13-21(29,12-26)11-24-19(27)18-10-22-5-6-23-18/h2-6,9-10,25,29H,7-8,11-13H2,1H3,(H,24,27)/t21-/m0/s1. The largest absolute Gasteiger partial charge is 0.384 e. The van der Waals surface area contributed by atoms with Crippen molar-refractivity contribution in [3.05, 3.63) is 59.8 Å². The molecule has 1 aliphatic heterocycles. The van der Waals surface area contributed by atoms with Crippen LogP contribution in [0, 0.1) is 6.92 Å². The second kappa shape index (κ2) is 8.21. The van der Waals surface area contributed by atoms with Crippen LogP contribution in [0.25, 0.3) is 10.9 Å². The zero-order valence-electron chi connectivity index (χ0n) is 16.6. The monoisotopic (exact) mass is 409 g/mol.